The summed E-state index contributed by atoms with van der Waals surface area (Å²) in [6.45, 7) is 0.608. The number of carbonyl (C=O) groups excluding carboxylic acids is 1. The fourth-order valence-electron chi connectivity index (χ4n) is 1.27. The molecule has 0 saturated carbocycles. The number of methoxy groups -OCH3 is 2. The molecule has 0 spiro atoms. The fraction of sp³-hybridized carbons (Fsp3) is 0.900. The van der Waals surface area contributed by atoms with Crippen LogP contribution in [-0.4, -0.2) is 48.6 Å². The van der Waals surface area contributed by atoms with Crippen molar-refractivity contribution < 1.29 is 18.5 Å². The van der Waals surface area contributed by atoms with Gasteiger partial charge in [0.15, 0.2) is 0 Å². The van der Waals surface area contributed by atoms with Crippen molar-refractivity contribution in [1.29, 1.82) is 4.78 Å². The van der Waals surface area contributed by atoms with E-state index in [0.29, 0.717) is 18.8 Å². The minimum Gasteiger partial charge on any atom is -0.468 e. The van der Waals surface area contributed by atoms with Crippen molar-refractivity contribution in [2.75, 3.05) is 32.3 Å². The van der Waals surface area contributed by atoms with Gasteiger partial charge in [0.25, 0.3) is 0 Å². The van der Waals surface area contributed by atoms with Crippen LogP contribution in [0.3, 0.4) is 0 Å². The maximum Gasteiger partial charge on any atom is 0.322 e. The molecule has 0 fully saturated rings. The van der Waals surface area contributed by atoms with Gasteiger partial charge in [-0.2, -0.15) is 0 Å². The first-order chi connectivity index (χ1) is 7.93. The van der Waals surface area contributed by atoms with E-state index < -0.39 is 21.7 Å². The van der Waals surface area contributed by atoms with Crippen LogP contribution < -0.4 is 5.73 Å². The van der Waals surface area contributed by atoms with Crippen molar-refractivity contribution in [3.05, 3.63) is 0 Å². The third kappa shape index (κ3) is 8.12. The third-order valence-corrected chi connectivity index (χ3v) is 4.18. The van der Waals surface area contributed by atoms with Crippen LogP contribution in [0.1, 0.15) is 19.3 Å². The zero-order valence-electron chi connectivity index (χ0n) is 10.4. The molecule has 0 heterocycles. The molecule has 0 rings (SSSR count). The summed E-state index contributed by atoms with van der Waals surface area (Å²) in [5.41, 5.74) is 5.51. The van der Waals surface area contributed by atoms with E-state index in [9.17, 15) is 9.00 Å². The first-order valence-corrected chi connectivity index (χ1v) is 7.39. The maximum absolute atomic E-state index is 11.8. The third-order valence-electron chi connectivity index (χ3n) is 2.34. The first-order valence-electron chi connectivity index (χ1n) is 5.49. The van der Waals surface area contributed by atoms with Gasteiger partial charge >= 0.3 is 5.97 Å². The van der Waals surface area contributed by atoms with E-state index >= 15 is 0 Å². The van der Waals surface area contributed by atoms with Gasteiger partial charge in [0, 0.05) is 35.0 Å². The summed E-state index contributed by atoms with van der Waals surface area (Å²) in [7, 11) is 0.217. The first kappa shape index (κ1) is 16.3. The van der Waals surface area contributed by atoms with Crippen LogP contribution in [-0.2, 0) is 24.0 Å². The van der Waals surface area contributed by atoms with Gasteiger partial charge in [-0.1, -0.05) is 0 Å². The van der Waals surface area contributed by atoms with Crippen LogP contribution in [0.25, 0.3) is 0 Å². The number of unbranched alkanes of at least 4 members (excludes halogenated alkanes) is 1. The molecule has 3 N–H and O–H groups in total. The second-order valence-corrected chi connectivity index (χ2v) is 6.28. The van der Waals surface area contributed by atoms with Crippen LogP contribution >= 0.6 is 0 Å². The number of hydrogen-bond acceptors (Lipinski definition) is 6. The second kappa shape index (κ2) is 8.43. The van der Waals surface area contributed by atoms with Gasteiger partial charge in [-0.15, -0.1) is 0 Å². The van der Waals surface area contributed by atoms with E-state index in [1.807, 2.05) is 0 Å². The van der Waals surface area contributed by atoms with Crippen molar-refractivity contribution >= 4 is 15.7 Å². The van der Waals surface area contributed by atoms with E-state index in [-0.39, 0.29) is 12.2 Å². The van der Waals surface area contributed by atoms with Crippen LogP contribution in [0.2, 0.25) is 0 Å². The Morgan fingerprint density at radius 3 is 2.53 bits per heavy atom. The smallest absolute Gasteiger partial charge is 0.322 e. The molecule has 0 bridgehead atoms. The molecule has 6 nitrogen and oxygen atoms in total. The molecule has 0 aliphatic heterocycles. The van der Waals surface area contributed by atoms with Crippen molar-refractivity contribution in [2.45, 2.75) is 25.3 Å². The number of hydrogen-bond donors (Lipinski definition) is 2. The Hall–Kier alpha value is -0.660. The Morgan fingerprint density at radius 2 is 2.00 bits per heavy atom. The normalized spacial score (nSPS) is 16.2. The predicted octanol–water partition coefficient (Wildman–Crippen LogP) is 0.350. The van der Waals surface area contributed by atoms with Crippen molar-refractivity contribution in [3.8, 4) is 0 Å². The predicted molar refractivity (Wildman–Crippen MR) is 66.3 cm³/mol. The topological polar surface area (TPSA) is 102 Å². The van der Waals surface area contributed by atoms with Crippen LogP contribution in [0, 0.1) is 4.78 Å². The highest BCUT2D eigenvalue weighted by molar-refractivity contribution is 7.92. The molecule has 2 atom stereocenters. The lowest BCUT2D eigenvalue weighted by molar-refractivity contribution is -0.142. The van der Waals surface area contributed by atoms with Crippen LogP contribution in [0.15, 0.2) is 0 Å². The molecule has 7 heteroatoms. The van der Waals surface area contributed by atoms with Gasteiger partial charge in [0.05, 0.1) is 7.11 Å². The highest BCUT2D eigenvalue weighted by Crippen LogP contribution is 2.03. The van der Waals surface area contributed by atoms with Crippen LogP contribution in [0.5, 0.6) is 0 Å². The van der Waals surface area contributed by atoms with E-state index in [2.05, 4.69) is 4.74 Å². The summed E-state index contributed by atoms with van der Waals surface area (Å²) < 4.78 is 28.7. The molecular weight excluding hydrogens is 244 g/mol. The maximum atomic E-state index is 11.8. The molecule has 0 aliphatic rings. The number of nitrogens with two attached hydrogens (primary N) is 1. The van der Waals surface area contributed by atoms with Crippen LogP contribution in [0.4, 0.5) is 0 Å². The number of esters is 1. The molecule has 0 aromatic rings. The van der Waals surface area contributed by atoms with E-state index in [4.69, 9.17) is 15.3 Å². The van der Waals surface area contributed by atoms with E-state index in [1.165, 1.54) is 7.11 Å². The Balaban J connectivity index is 3.89. The molecule has 1 unspecified atom stereocenters. The lowest BCUT2D eigenvalue weighted by Crippen LogP contribution is -2.33. The quantitative estimate of drug-likeness (QED) is 0.463. The molecule has 0 amide bonds. The van der Waals surface area contributed by atoms with Gasteiger partial charge in [-0.3, -0.25) is 9.57 Å². The second-order valence-electron chi connectivity index (χ2n) is 3.84. The monoisotopic (exact) mass is 266 g/mol. The Labute approximate surface area is 103 Å². The summed E-state index contributed by atoms with van der Waals surface area (Å²) in [6, 6.07) is -0.787. The van der Waals surface area contributed by atoms with E-state index in [0.717, 1.165) is 6.42 Å². The standard InChI is InChI=1S/C10H22N2O4S/c1-15-6-3-4-7-17(12,14)8-5-9(11)10(13)16-2/h9,12H,3-8,11H2,1-2H3/t9-,17?/m0/s1. The summed E-state index contributed by atoms with van der Waals surface area (Å²) in [4.78, 5) is 11.0. The minimum atomic E-state index is -2.64. The minimum absolute atomic E-state index is 0.135. The van der Waals surface area contributed by atoms with Crippen molar-refractivity contribution in [3.63, 3.8) is 0 Å². The summed E-state index contributed by atoms with van der Waals surface area (Å²) in [5, 5.41) is 0. The number of ether oxygens (including phenoxy) is 2. The zero-order valence-corrected chi connectivity index (χ0v) is 11.3. The van der Waals surface area contributed by atoms with Gasteiger partial charge in [0.1, 0.15) is 6.04 Å². The fourth-order valence-corrected chi connectivity index (χ4v) is 2.78. The van der Waals surface area contributed by atoms with Gasteiger partial charge in [-0.25, -0.2) is 4.21 Å². The van der Waals surface area contributed by atoms with Gasteiger partial charge in [0.2, 0.25) is 0 Å². The summed E-state index contributed by atoms with van der Waals surface area (Å²) in [6.07, 6.45) is 1.69. The number of rotatable bonds is 9. The molecule has 102 valence electrons. The number of carbonyl (C=O) groups is 1. The molecule has 0 aliphatic carbocycles. The SMILES string of the molecule is COCCCCS(=N)(=O)CC[C@H](N)C(=O)OC. The molecule has 0 saturated heterocycles. The molecular formula is C10H22N2O4S. The summed E-state index contributed by atoms with van der Waals surface area (Å²) in [5.74, 6) is -0.0693. The zero-order chi connectivity index (χ0) is 13.3. The van der Waals surface area contributed by atoms with E-state index in [1.54, 1.807) is 7.11 Å². The molecule has 0 aromatic carbocycles. The Kier molecular flexibility index (Phi) is 8.11. The average molecular weight is 266 g/mol. The largest absolute Gasteiger partial charge is 0.468 e. The van der Waals surface area contributed by atoms with Crippen molar-refractivity contribution in [1.82, 2.24) is 0 Å². The van der Waals surface area contributed by atoms with Gasteiger partial charge in [-0.05, 0) is 19.3 Å². The number of nitrogens with one attached hydrogen (secondary N) is 1. The molecule has 0 aromatic heterocycles. The molecule has 17 heavy (non-hydrogen) atoms. The highest BCUT2D eigenvalue weighted by Gasteiger charge is 2.16. The average Bonchev–Trinajstić information content (AvgIpc) is 2.30. The lowest BCUT2D eigenvalue weighted by Gasteiger charge is -2.11. The summed E-state index contributed by atoms with van der Waals surface area (Å²) >= 11 is 0. The van der Waals surface area contributed by atoms with Gasteiger partial charge < -0.3 is 15.2 Å². The van der Waals surface area contributed by atoms with Crippen molar-refractivity contribution in [2.24, 2.45) is 5.73 Å². The Morgan fingerprint density at radius 1 is 1.35 bits per heavy atom. The highest BCUT2D eigenvalue weighted by atomic mass is 32.2. The molecule has 0 radical (unpaired) electrons. The Bertz CT molecular complexity index is 316. The lowest BCUT2D eigenvalue weighted by atomic mass is 10.2.